The molecule has 2 N–H and O–H groups in total. The van der Waals surface area contributed by atoms with Crippen LogP contribution in [0.25, 0.3) is 5.69 Å². The van der Waals surface area contributed by atoms with Gasteiger partial charge in [0.2, 0.25) is 0 Å². The number of anilines is 1. The predicted molar refractivity (Wildman–Crippen MR) is 103 cm³/mol. The zero-order chi connectivity index (χ0) is 21.3. The summed E-state index contributed by atoms with van der Waals surface area (Å²) in [6, 6.07) is 7.43. The molecule has 1 amide bonds. The van der Waals surface area contributed by atoms with Crippen molar-refractivity contribution >= 4 is 23.2 Å². The van der Waals surface area contributed by atoms with Gasteiger partial charge in [0.1, 0.15) is 5.69 Å². The van der Waals surface area contributed by atoms with Gasteiger partial charge in [-0.25, -0.2) is 4.68 Å². The van der Waals surface area contributed by atoms with Gasteiger partial charge in [0.15, 0.2) is 0 Å². The highest BCUT2D eigenvalue weighted by Crippen LogP contribution is 2.29. The molecule has 0 fully saturated rings. The van der Waals surface area contributed by atoms with Crippen molar-refractivity contribution in [3.63, 3.8) is 0 Å². The number of benzene rings is 1. The lowest BCUT2D eigenvalue weighted by Gasteiger charge is -2.13. The predicted octanol–water partition coefficient (Wildman–Crippen LogP) is 4.61. The maximum absolute atomic E-state index is 12.9. The number of nitrogens with zero attached hydrogens (tertiary/aromatic N) is 2. The fraction of sp³-hybridized carbons (Fsp3) is 0.211. The number of pyridine rings is 1. The van der Waals surface area contributed by atoms with Crippen LogP contribution in [0.4, 0.5) is 18.9 Å². The van der Waals surface area contributed by atoms with E-state index in [1.54, 1.807) is 24.3 Å². The van der Waals surface area contributed by atoms with E-state index in [1.165, 1.54) is 10.9 Å². The number of halogens is 4. The molecule has 2 aromatic heterocycles. The first-order valence-electron chi connectivity index (χ1n) is 8.53. The third-order valence-corrected chi connectivity index (χ3v) is 4.36. The third kappa shape index (κ3) is 4.34. The van der Waals surface area contributed by atoms with Crippen LogP contribution in [0, 0.1) is 0 Å². The molecule has 0 saturated carbocycles. The summed E-state index contributed by atoms with van der Waals surface area (Å²) >= 11 is 6.02. The van der Waals surface area contributed by atoms with E-state index in [1.807, 2.05) is 18.8 Å². The molecule has 2 heterocycles. The maximum atomic E-state index is 12.9. The summed E-state index contributed by atoms with van der Waals surface area (Å²) in [6.07, 6.45) is -2.81. The summed E-state index contributed by atoms with van der Waals surface area (Å²) in [5.41, 5.74) is -1.15. The Morgan fingerprint density at radius 1 is 1.28 bits per heavy atom. The number of rotatable bonds is 4. The van der Waals surface area contributed by atoms with Gasteiger partial charge in [0.05, 0.1) is 28.7 Å². The first-order valence-corrected chi connectivity index (χ1v) is 8.91. The fourth-order valence-corrected chi connectivity index (χ4v) is 3.02. The van der Waals surface area contributed by atoms with Crippen molar-refractivity contribution in [3.05, 3.63) is 74.9 Å². The van der Waals surface area contributed by atoms with Crippen LogP contribution in [0.5, 0.6) is 0 Å². The van der Waals surface area contributed by atoms with Crippen LogP contribution in [0.1, 0.15) is 41.4 Å². The van der Waals surface area contributed by atoms with Crippen LogP contribution >= 0.6 is 11.6 Å². The summed E-state index contributed by atoms with van der Waals surface area (Å²) < 4.78 is 40.2. The van der Waals surface area contributed by atoms with Crippen molar-refractivity contribution in [1.29, 1.82) is 0 Å². The Bertz CT molecular complexity index is 1120. The van der Waals surface area contributed by atoms with Crippen molar-refractivity contribution in [2.75, 3.05) is 5.32 Å². The highest BCUT2D eigenvalue weighted by molar-refractivity contribution is 6.30. The van der Waals surface area contributed by atoms with Crippen LogP contribution < -0.4 is 10.9 Å². The molecule has 6 nitrogen and oxygen atoms in total. The number of amides is 1. The Balaban J connectivity index is 2.00. The number of H-pyrrole nitrogens is 1. The van der Waals surface area contributed by atoms with Crippen molar-refractivity contribution in [2.45, 2.75) is 25.9 Å². The molecule has 0 unspecified atom stereocenters. The molecule has 0 radical (unpaired) electrons. The molecule has 0 spiro atoms. The molecule has 3 aromatic rings. The largest absolute Gasteiger partial charge is 0.417 e. The SMILES string of the molecule is CC(C)c1c(C(=O)Nc2cc(C(F)(F)F)c[nH]c2=O)cnn1-c1cccc(Cl)c1. The lowest BCUT2D eigenvalue weighted by molar-refractivity contribution is -0.137. The smallest absolute Gasteiger partial charge is 0.327 e. The molecule has 152 valence electrons. The van der Waals surface area contributed by atoms with Crippen molar-refractivity contribution in [2.24, 2.45) is 0 Å². The molecule has 3 rings (SSSR count). The monoisotopic (exact) mass is 424 g/mol. The Morgan fingerprint density at radius 3 is 2.62 bits per heavy atom. The number of alkyl halides is 3. The molecule has 10 heteroatoms. The van der Waals surface area contributed by atoms with E-state index in [-0.39, 0.29) is 11.5 Å². The zero-order valence-corrected chi connectivity index (χ0v) is 16.1. The molecular weight excluding hydrogens is 409 g/mol. The minimum Gasteiger partial charge on any atom is -0.327 e. The number of hydrogen-bond acceptors (Lipinski definition) is 3. The standard InChI is InChI=1S/C19H16ClF3N4O2/c1-10(2)16-14(9-25-27(16)13-5-3-4-12(20)7-13)17(28)26-15-6-11(19(21,22)23)8-24-18(15)29/h3-10H,1-2H3,(H,24,29)(H,26,28). The molecule has 0 aliphatic carbocycles. The van der Waals surface area contributed by atoms with Crippen LogP contribution in [-0.4, -0.2) is 20.7 Å². The van der Waals surface area contributed by atoms with Crippen molar-refractivity contribution in [3.8, 4) is 5.69 Å². The number of aromatic amines is 1. The number of carbonyl (C=O) groups is 1. The van der Waals surface area contributed by atoms with Crippen LogP contribution in [0.3, 0.4) is 0 Å². The molecule has 0 atom stereocenters. The second kappa shape index (κ2) is 7.75. The first kappa shape index (κ1) is 20.7. The first-order chi connectivity index (χ1) is 13.6. The number of hydrogen-bond donors (Lipinski definition) is 2. The second-order valence-corrected chi connectivity index (χ2v) is 7.01. The van der Waals surface area contributed by atoms with E-state index in [2.05, 4.69) is 10.4 Å². The van der Waals surface area contributed by atoms with Crippen molar-refractivity contribution in [1.82, 2.24) is 14.8 Å². The van der Waals surface area contributed by atoms with E-state index in [4.69, 9.17) is 11.6 Å². The van der Waals surface area contributed by atoms with Gasteiger partial charge in [-0.05, 0) is 30.2 Å². The summed E-state index contributed by atoms with van der Waals surface area (Å²) in [7, 11) is 0. The Morgan fingerprint density at radius 2 is 2.00 bits per heavy atom. The average molecular weight is 425 g/mol. The van der Waals surface area contributed by atoms with Gasteiger partial charge in [-0.2, -0.15) is 18.3 Å². The van der Waals surface area contributed by atoms with Gasteiger partial charge in [-0.3, -0.25) is 9.59 Å². The van der Waals surface area contributed by atoms with E-state index < -0.39 is 28.9 Å². The second-order valence-electron chi connectivity index (χ2n) is 6.57. The molecule has 1 aromatic carbocycles. The number of carbonyl (C=O) groups excluding carboxylic acids is 1. The topological polar surface area (TPSA) is 79.8 Å². The molecule has 0 bridgehead atoms. The summed E-state index contributed by atoms with van der Waals surface area (Å²) in [6.45, 7) is 3.68. The zero-order valence-electron chi connectivity index (χ0n) is 15.3. The minimum absolute atomic E-state index is 0.136. The summed E-state index contributed by atoms with van der Waals surface area (Å²) in [5.74, 6) is -0.899. The van der Waals surface area contributed by atoms with Gasteiger partial charge in [-0.15, -0.1) is 0 Å². The number of nitrogens with one attached hydrogen (secondary N) is 2. The maximum Gasteiger partial charge on any atom is 0.417 e. The number of aromatic nitrogens is 3. The Labute approximate surface area is 168 Å². The quantitative estimate of drug-likeness (QED) is 0.642. The Hall–Kier alpha value is -3.07. The van der Waals surface area contributed by atoms with Crippen molar-refractivity contribution < 1.29 is 18.0 Å². The fourth-order valence-electron chi connectivity index (χ4n) is 2.83. The van der Waals surface area contributed by atoms with E-state index in [0.717, 1.165) is 0 Å². The summed E-state index contributed by atoms with van der Waals surface area (Å²) in [4.78, 5) is 26.6. The highest BCUT2D eigenvalue weighted by Gasteiger charge is 2.32. The Kier molecular flexibility index (Phi) is 5.52. The van der Waals surface area contributed by atoms with Gasteiger partial charge in [0, 0.05) is 11.2 Å². The minimum atomic E-state index is -4.66. The van der Waals surface area contributed by atoms with E-state index in [0.29, 0.717) is 28.7 Å². The van der Waals surface area contributed by atoms with Gasteiger partial charge in [0.25, 0.3) is 11.5 Å². The molecule has 0 aliphatic heterocycles. The van der Waals surface area contributed by atoms with E-state index in [9.17, 15) is 22.8 Å². The summed E-state index contributed by atoms with van der Waals surface area (Å²) in [5, 5.41) is 6.95. The average Bonchev–Trinajstić information content (AvgIpc) is 3.08. The molecule has 0 saturated heterocycles. The van der Waals surface area contributed by atoms with Gasteiger partial charge < -0.3 is 10.3 Å². The van der Waals surface area contributed by atoms with Gasteiger partial charge in [-0.1, -0.05) is 31.5 Å². The van der Waals surface area contributed by atoms with Crippen LogP contribution in [0.2, 0.25) is 5.02 Å². The highest BCUT2D eigenvalue weighted by atomic mass is 35.5. The molecule has 0 aliphatic rings. The lowest BCUT2D eigenvalue weighted by Crippen LogP contribution is -2.22. The third-order valence-electron chi connectivity index (χ3n) is 4.13. The molecular formula is C19H16ClF3N4O2. The normalized spacial score (nSPS) is 11.7. The lowest BCUT2D eigenvalue weighted by atomic mass is 10.0. The van der Waals surface area contributed by atoms with Gasteiger partial charge >= 0.3 is 6.18 Å². The molecule has 29 heavy (non-hydrogen) atoms. The van der Waals surface area contributed by atoms with Crippen LogP contribution in [0.15, 0.2) is 47.5 Å². The van der Waals surface area contributed by atoms with E-state index >= 15 is 0 Å². The van der Waals surface area contributed by atoms with Crippen LogP contribution in [-0.2, 0) is 6.18 Å².